The van der Waals surface area contributed by atoms with Crippen LogP contribution in [0.25, 0.3) is 0 Å². The molecule has 0 amide bonds. The number of unbranched alkanes of at least 4 members (excludes halogenated alkanes) is 8. The van der Waals surface area contributed by atoms with Crippen LogP contribution in [0.3, 0.4) is 0 Å². The van der Waals surface area contributed by atoms with Gasteiger partial charge in [-0.15, -0.1) is 0 Å². The summed E-state index contributed by atoms with van der Waals surface area (Å²) in [6.07, 6.45) is 15.6. The highest BCUT2D eigenvalue weighted by atomic mass is 16.7. The topological polar surface area (TPSA) is 129 Å². The lowest BCUT2D eigenvalue weighted by Gasteiger charge is -2.07. The Labute approximate surface area is 334 Å². The van der Waals surface area contributed by atoms with E-state index < -0.39 is 18.5 Å². The quantitative estimate of drug-likeness (QED) is 0.0512. The van der Waals surface area contributed by atoms with Gasteiger partial charge in [0.2, 0.25) is 0 Å². The van der Waals surface area contributed by atoms with Crippen LogP contribution >= 0.6 is 0 Å². The highest BCUT2D eigenvalue weighted by Gasteiger charge is 2.10. The zero-order valence-corrected chi connectivity index (χ0v) is 33.8. The molecule has 0 unspecified atom stereocenters. The first kappa shape index (κ1) is 46.8. The Hall–Kier alpha value is -5.31. The number of carbonyl (C=O) groups excluding carboxylic acids is 2. The molecule has 0 atom stereocenters. The van der Waals surface area contributed by atoms with Crippen LogP contribution in [0, 0.1) is 0 Å². The van der Waals surface area contributed by atoms with Gasteiger partial charge in [0.1, 0.15) is 23.0 Å². The molecule has 0 aliphatic rings. The van der Waals surface area contributed by atoms with E-state index in [0.717, 1.165) is 25.7 Å². The second kappa shape index (κ2) is 29.0. The van der Waals surface area contributed by atoms with E-state index in [1.165, 1.54) is 99.3 Å². The summed E-state index contributed by atoms with van der Waals surface area (Å²) in [6.45, 7) is 8.79. The summed E-state index contributed by atoms with van der Waals surface area (Å²) in [5.41, 5.74) is 5.05. The van der Waals surface area contributed by atoms with E-state index in [1.807, 2.05) is 97.1 Å². The van der Waals surface area contributed by atoms with Crippen LogP contribution < -0.4 is 18.9 Å². The molecule has 4 aromatic rings. The number of ether oxygens (including phenoxy) is 4. The number of hydrogen-bond donors (Lipinski definition) is 2. The maximum Gasteiger partial charge on any atom is 0.519 e. The van der Waals surface area contributed by atoms with Crippen LogP contribution in [-0.4, -0.2) is 28.7 Å². The molecule has 9 nitrogen and oxygen atoms in total. The van der Waals surface area contributed by atoms with Crippen LogP contribution in [-0.2, 0) is 25.7 Å². The van der Waals surface area contributed by atoms with Gasteiger partial charge in [-0.3, -0.25) is 0 Å². The Kier molecular flexibility index (Phi) is 24.3. The van der Waals surface area contributed by atoms with Gasteiger partial charge in [0.25, 0.3) is 0 Å². The van der Waals surface area contributed by atoms with Crippen molar-refractivity contribution in [2.75, 3.05) is 0 Å². The molecule has 4 rings (SSSR count). The highest BCUT2D eigenvalue weighted by molar-refractivity contribution is 5.67. The molecule has 9 heteroatoms. The van der Waals surface area contributed by atoms with Crippen molar-refractivity contribution >= 4 is 18.5 Å². The highest BCUT2D eigenvalue weighted by Crippen LogP contribution is 2.20. The minimum absolute atomic E-state index is 0.505. The van der Waals surface area contributed by atoms with Crippen molar-refractivity contribution in [2.45, 2.75) is 130 Å². The minimum Gasteiger partial charge on any atom is -0.450 e. The Balaban J connectivity index is 0.000000353. The molecule has 304 valence electrons. The summed E-state index contributed by atoms with van der Waals surface area (Å²) in [6, 6.07) is 30.6. The van der Waals surface area contributed by atoms with Gasteiger partial charge in [-0.1, -0.05) is 128 Å². The summed E-state index contributed by atoms with van der Waals surface area (Å²) in [5, 5.41) is 13.9. The zero-order valence-electron chi connectivity index (χ0n) is 33.8. The van der Waals surface area contributed by atoms with E-state index in [1.54, 1.807) is 0 Å². The van der Waals surface area contributed by atoms with Gasteiger partial charge in [-0.25, -0.2) is 14.4 Å². The third kappa shape index (κ3) is 22.2. The molecule has 4 aromatic carbocycles. The first-order valence-corrected chi connectivity index (χ1v) is 20.2. The normalized spacial score (nSPS) is 10.2. The van der Waals surface area contributed by atoms with Crippen molar-refractivity contribution in [3.05, 3.63) is 119 Å². The average Bonchev–Trinajstić information content (AvgIpc) is 3.18. The fourth-order valence-corrected chi connectivity index (χ4v) is 5.64. The molecule has 0 radical (unpaired) electrons. The molecule has 0 aliphatic heterocycles. The average molecular weight is 771 g/mol. The minimum atomic E-state index is -1.83. The Bertz CT molecular complexity index is 1390. The summed E-state index contributed by atoms with van der Waals surface area (Å²) in [7, 11) is 0. The second-order valence-corrected chi connectivity index (χ2v) is 13.6. The van der Waals surface area contributed by atoms with E-state index >= 15 is 0 Å². The van der Waals surface area contributed by atoms with Gasteiger partial charge < -0.3 is 29.2 Å². The molecule has 2 N–H and O–H groups in total. The van der Waals surface area contributed by atoms with E-state index in [0.29, 0.717) is 23.0 Å². The molecule has 0 aromatic heterocycles. The summed E-state index contributed by atoms with van der Waals surface area (Å²) in [5.74, 6) is 2.02. The monoisotopic (exact) mass is 770 g/mol. The predicted molar refractivity (Wildman–Crippen MR) is 223 cm³/mol. The number of benzene rings is 4. The molecule has 0 fully saturated rings. The van der Waals surface area contributed by atoms with E-state index in [-0.39, 0.29) is 0 Å². The van der Waals surface area contributed by atoms with Crippen LogP contribution in [0.2, 0.25) is 0 Å². The summed E-state index contributed by atoms with van der Waals surface area (Å²) in [4.78, 5) is 32.4. The first-order valence-electron chi connectivity index (χ1n) is 20.2. The second-order valence-electron chi connectivity index (χ2n) is 13.6. The first-order chi connectivity index (χ1) is 27.1. The maximum atomic E-state index is 11.9. The molecule has 56 heavy (non-hydrogen) atoms. The number of rotatable bonds is 20. The fourth-order valence-electron chi connectivity index (χ4n) is 5.64. The van der Waals surface area contributed by atoms with Crippen molar-refractivity contribution in [2.24, 2.45) is 0 Å². The third-order valence-corrected chi connectivity index (χ3v) is 8.77. The van der Waals surface area contributed by atoms with E-state index in [9.17, 15) is 9.59 Å². The van der Waals surface area contributed by atoms with Gasteiger partial charge in [0.15, 0.2) is 0 Å². The molecule has 0 aliphatic carbocycles. The van der Waals surface area contributed by atoms with E-state index in [4.69, 9.17) is 34.0 Å². The van der Waals surface area contributed by atoms with Crippen molar-refractivity contribution in [3.63, 3.8) is 0 Å². The van der Waals surface area contributed by atoms with Crippen LogP contribution in [0.1, 0.15) is 127 Å². The largest absolute Gasteiger partial charge is 0.519 e. The molecule has 0 saturated carbocycles. The number of hydrogen-bond acceptors (Lipinski definition) is 7. The SMILES string of the molecule is CCCCCc1ccc(OC(=O)Oc2ccc(CCCCC)cc2)cc1.CCCCCc1ccc(OC(=O)Oc2ccc(CCCCC)cc2)cc1.O=C(O)O. The number of aryl methyl sites for hydroxylation is 4. The number of carbonyl (C=O) groups is 3. The Morgan fingerprint density at radius 2 is 0.536 bits per heavy atom. The molecule has 0 saturated heterocycles. The maximum absolute atomic E-state index is 11.9. The summed E-state index contributed by atoms with van der Waals surface area (Å²) >= 11 is 0. The predicted octanol–water partition coefficient (Wildman–Crippen LogP) is 13.7. The molecular formula is C47H62O9. The van der Waals surface area contributed by atoms with Crippen molar-refractivity contribution in [3.8, 4) is 23.0 Å². The Morgan fingerprint density at radius 1 is 0.357 bits per heavy atom. The Morgan fingerprint density at radius 3 is 0.696 bits per heavy atom. The van der Waals surface area contributed by atoms with Crippen LogP contribution in [0.15, 0.2) is 97.1 Å². The van der Waals surface area contributed by atoms with Crippen molar-refractivity contribution < 1.29 is 43.5 Å². The summed E-state index contributed by atoms with van der Waals surface area (Å²) < 4.78 is 21.0. The van der Waals surface area contributed by atoms with Crippen LogP contribution in [0.4, 0.5) is 14.4 Å². The molecule has 0 heterocycles. The fraction of sp³-hybridized carbons (Fsp3) is 0.426. The van der Waals surface area contributed by atoms with Gasteiger partial charge in [-0.05, 0) is 122 Å². The third-order valence-electron chi connectivity index (χ3n) is 8.77. The van der Waals surface area contributed by atoms with Gasteiger partial charge >= 0.3 is 18.5 Å². The van der Waals surface area contributed by atoms with Crippen molar-refractivity contribution in [1.82, 2.24) is 0 Å². The van der Waals surface area contributed by atoms with Gasteiger partial charge in [0, 0.05) is 0 Å². The van der Waals surface area contributed by atoms with Crippen molar-refractivity contribution in [1.29, 1.82) is 0 Å². The zero-order chi connectivity index (χ0) is 40.8. The molecule has 0 spiro atoms. The van der Waals surface area contributed by atoms with Gasteiger partial charge in [-0.2, -0.15) is 0 Å². The standard InChI is InChI=1S/2C23H30O3.CH2O3/c2*1-3-5-7-9-19-11-15-21(16-12-19)25-23(24)26-22-17-13-20(14-18-22)10-8-6-4-2;2-1(3)4/h2*11-18H,3-10H2,1-2H3;(H2,2,3,4). The lowest BCUT2D eigenvalue weighted by Crippen LogP contribution is -2.13. The molecular weight excluding hydrogens is 709 g/mol. The van der Waals surface area contributed by atoms with Crippen LogP contribution in [0.5, 0.6) is 23.0 Å². The van der Waals surface area contributed by atoms with E-state index in [2.05, 4.69) is 27.7 Å². The number of carboxylic acid groups (broad SMARTS) is 2. The lowest BCUT2D eigenvalue weighted by molar-refractivity contribution is 0.136. The van der Waals surface area contributed by atoms with Gasteiger partial charge in [0.05, 0.1) is 0 Å². The molecule has 0 bridgehead atoms. The smallest absolute Gasteiger partial charge is 0.450 e. The lowest BCUT2D eigenvalue weighted by atomic mass is 10.1.